The molecule has 1 aromatic rings. The van der Waals surface area contributed by atoms with E-state index in [0.29, 0.717) is 0 Å². The Morgan fingerprint density at radius 3 is 2.95 bits per heavy atom. The lowest BCUT2D eigenvalue weighted by atomic mass is 9.97. The number of ether oxygens (including phenoxy) is 1. The number of urea groups is 1. The molecule has 2 heterocycles. The van der Waals surface area contributed by atoms with E-state index in [1.54, 1.807) is 18.4 Å². The van der Waals surface area contributed by atoms with Crippen LogP contribution in [0.5, 0.6) is 0 Å². The zero-order valence-electron chi connectivity index (χ0n) is 13.2. The maximum atomic E-state index is 12.5. The topological polar surface area (TPSA) is 41.6 Å². The standard InChI is InChI=1S/C16H26N2O2S/c1-4-13(14-7-5-12-21-14)17-15(19)18-10-6-8-16(2,20-3)9-11-18/h5,7,12-13H,4,6,8-11H2,1-3H3,(H,17,19). The van der Waals surface area contributed by atoms with Gasteiger partial charge in [-0.3, -0.25) is 0 Å². The van der Waals surface area contributed by atoms with Crippen molar-refractivity contribution >= 4 is 17.4 Å². The molecule has 5 heteroatoms. The van der Waals surface area contributed by atoms with Gasteiger partial charge in [0.15, 0.2) is 0 Å². The minimum atomic E-state index is -0.0903. The highest BCUT2D eigenvalue weighted by Gasteiger charge is 2.29. The van der Waals surface area contributed by atoms with Crippen LogP contribution < -0.4 is 5.32 Å². The first-order valence-corrected chi connectivity index (χ1v) is 8.60. The minimum absolute atomic E-state index is 0.0515. The van der Waals surface area contributed by atoms with Gasteiger partial charge < -0.3 is 15.0 Å². The molecule has 2 amide bonds. The van der Waals surface area contributed by atoms with Crippen molar-refractivity contribution in [3.05, 3.63) is 22.4 Å². The third-order valence-electron chi connectivity index (χ3n) is 4.42. The number of methoxy groups -OCH3 is 1. The van der Waals surface area contributed by atoms with Crippen LogP contribution in [0.2, 0.25) is 0 Å². The van der Waals surface area contributed by atoms with Crippen LogP contribution in [-0.4, -0.2) is 36.7 Å². The van der Waals surface area contributed by atoms with Gasteiger partial charge in [0.25, 0.3) is 0 Å². The molecule has 1 fully saturated rings. The molecule has 2 atom stereocenters. The molecule has 0 aromatic carbocycles. The second-order valence-corrected chi connectivity index (χ2v) is 6.90. The zero-order valence-corrected chi connectivity index (χ0v) is 14.0. The van der Waals surface area contributed by atoms with E-state index in [1.807, 2.05) is 11.0 Å². The number of carbonyl (C=O) groups excluding carboxylic acids is 1. The summed E-state index contributed by atoms with van der Waals surface area (Å²) in [5, 5.41) is 5.22. The van der Waals surface area contributed by atoms with Crippen LogP contribution in [0.15, 0.2) is 17.5 Å². The number of carbonyl (C=O) groups is 1. The molecule has 0 bridgehead atoms. The van der Waals surface area contributed by atoms with Crippen molar-refractivity contribution in [2.24, 2.45) is 0 Å². The molecule has 1 aliphatic rings. The monoisotopic (exact) mass is 310 g/mol. The molecule has 1 N–H and O–H groups in total. The lowest BCUT2D eigenvalue weighted by molar-refractivity contribution is -0.00501. The molecule has 4 nitrogen and oxygen atoms in total. The first kappa shape index (κ1) is 16.3. The second-order valence-electron chi connectivity index (χ2n) is 5.92. The Hall–Kier alpha value is -1.07. The Bertz CT molecular complexity index is 449. The molecular formula is C16H26N2O2S. The number of rotatable bonds is 4. The van der Waals surface area contributed by atoms with E-state index in [2.05, 4.69) is 30.6 Å². The summed E-state index contributed by atoms with van der Waals surface area (Å²) in [6.07, 6.45) is 3.81. The van der Waals surface area contributed by atoms with E-state index in [4.69, 9.17) is 4.74 Å². The predicted octanol–water partition coefficient (Wildman–Crippen LogP) is 3.80. The highest BCUT2D eigenvalue weighted by molar-refractivity contribution is 7.10. The zero-order chi connectivity index (χ0) is 15.3. The summed E-state index contributed by atoms with van der Waals surface area (Å²) < 4.78 is 5.59. The number of thiophene rings is 1. The molecular weight excluding hydrogens is 284 g/mol. The molecule has 0 saturated carbocycles. The van der Waals surface area contributed by atoms with Gasteiger partial charge in [-0.1, -0.05) is 13.0 Å². The average Bonchev–Trinajstić information content (AvgIpc) is 2.94. The van der Waals surface area contributed by atoms with Crippen LogP contribution in [-0.2, 0) is 4.74 Å². The molecule has 0 radical (unpaired) electrons. The van der Waals surface area contributed by atoms with Gasteiger partial charge >= 0.3 is 6.03 Å². The number of hydrogen-bond donors (Lipinski definition) is 1. The minimum Gasteiger partial charge on any atom is -0.378 e. The fraction of sp³-hybridized carbons (Fsp3) is 0.688. The second kappa shape index (κ2) is 7.27. The van der Waals surface area contributed by atoms with Crippen LogP contribution in [0.1, 0.15) is 50.4 Å². The van der Waals surface area contributed by atoms with E-state index in [-0.39, 0.29) is 17.7 Å². The molecule has 2 unspecified atom stereocenters. The third-order valence-corrected chi connectivity index (χ3v) is 5.40. The van der Waals surface area contributed by atoms with E-state index in [1.165, 1.54) is 4.88 Å². The summed E-state index contributed by atoms with van der Waals surface area (Å²) in [5.74, 6) is 0. The maximum absolute atomic E-state index is 12.5. The lowest BCUT2D eigenvalue weighted by Crippen LogP contribution is -2.42. The number of likely N-dealkylation sites (tertiary alicyclic amines) is 1. The summed E-state index contributed by atoms with van der Waals surface area (Å²) in [7, 11) is 1.76. The van der Waals surface area contributed by atoms with Crippen molar-refractivity contribution in [2.45, 2.75) is 51.2 Å². The van der Waals surface area contributed by atoms with Gasteiger partial charge in [-0.15, -0.1) is 11.3 Å². The molecule has 1 aliphatic heterocycles. The molecule has 2 rings (SSSR count). The van der Waals surface area contributed by atoms with Crippen molar-refractivity contribution in [3.8, 4) is 0 Å². The van der Waals surface area contributed by atoms with Gasteiger partial charge in [0.05, 0.1) is 11.6 Å². The number of hydrogen-bond acceptors (Lipinski definition) is 3. The Morgan fingerprint density at radius 2 is 2.33 bits per heavy atom. The number of nitrogens with one attached hydrogen (secondary N) is 1. The Morgan fingerprint density at radius 1 is 1.52 bits per heavy atom. The van der Waals surface area contributed by atoms with Crippen molar-refractivity contribution in [1.82, 2.24) is 10.2 Å². The quantitative estimate of drug-likeness (QED) is 0.919. The molecule has 21 heavy (non-hydrogen) atoms. The summed E-state index contributed by atoms with van der Waals surface area (Å²) in [5.41, 5.74) is -0.0903. The fourth-order valence-corrected chi connectivity index (χ4v) is 3.62. The summed E-state index contributed by atoms with van der Waals surface area (Å²) in [6, 6.07) is 4.29. The Kier molecular flexibility index (Phi) is 5.65. The maximum Gasteiger partial charge on any atom is 0.317 e. The van der Waals surface area contributed by atoms with E-state index < -0.39 is 0 Å². The van der Waals surface area contributed by atoms with Crippen molar-refractivity contribution in [3.63, 3.8) is 0 Å². The molecule has 118 valence electrons. The van der Waals surface area contributed by atoms with Gasteiger partial charge in [-0.25, -0.2) is 4.79 Å². The highest BCUT2D eigenvalue weighted by Crippen LogP contribution is 2.26. The van der Waals surface area contributed by atoms with Crippen LogP contribution in [0, 0.1) is 0 Å². The molecule has 1 saturated heterocycles. The Labute approximate surface area is 131 Å². The summed E-state index contributed by atoms with van der Waals surface area (Å²) >= 11 is 1.70. The van der Waals surface area contributed by atoms with E-state index >= 15 is 0 Å². The first-order valence-electron chi connectivity index (χ1n) is 7.72. The number of nitrogens with zero attached hydrogens (tertiary/aromatic N) is 1. The lowest BCUT2D eigenvalue weighted by Gasteiger charge is -2.27. The van der Waals surface area contributed by atoms with Crippen LogP contribution in [0.3, 0.4) is 0 Å². The molecule has 0 aliphatic carbocycles. The largest absolute Gasteiger partial charge is 0.378 e. The van der Waals surface area contributed by atoms with Crippen molar-refractivity contribution in [1.29, 1.82) is 0 Å². The van der Waals surface area contributed by atoms with Gasteiger partial charge in [-0.05, 0) is 44.1 Å². The first-order chi connectivity index (χ1) is 10.1. The van der Waals surface area contributed by atoms with Gasteiger partial charge in [-0.2, -0.15) is 0 Å². The van der Waals surface area contributed by atoms with Crippen molar-refractivity contribution < 1.29 is 9.53 Å². The van der Waals surface area contributed by atoms with Crippen molar-refractivity contribution in [2.75, 3.05) is 20.2 Å². The fourth-order valence-electron chi connectivity index (χ4n) is 2.76. The van der Waals surface area contributed by atoms with E-state index in [9.17, 15) is 4.79 Å². The van der Waals surface area contributed by atoms with Crippen LogP contribution in [0.4, 0.5) is 4.79 Å². The van der Waals surface area contributed by atoms with Gasteiger partial charge in [0.2, 0.25) is 0 Å². The summed E-state index contributed by atoms with van der Waals surface area (Å²) in [6.45, 7) is 5.81. The summed E-state index contributed by atoms with van der Waals surface area (Å²) in [4.78, 5) is 15.6. The predicted molar refractivity (Wildman–Crippen MR) is 86.7 cm³/mol. The number of amides is 2. The molecule has 0 spiro atoms. The molecule has 1 aromatic heterocycles. The van der Waals surface area contributed by atoms with Crippen LogP contribution >= 0.6 is 11.3 Å². The normalized spacial score (nSPS) is 24.4. The van der Waals surface area contributed by atoms with Crippen LogP contribution in [0.25, 0.3) is 0 Å². The highest BCUT2D eigenvalue weighted by atomic mass is 32.1. The SMILES string of the molecule is CCC(NC(=O)N1CCCC(C)(OC)CC1)c1cccs1. The third kappa shape index (κ3) is 4.20. The van der Waals surface area contributed by atoms with Gasteiger partial charge in [0, 0.05) is 25.1 Å². The van der Waals surface area contributed by atoms with E-state index in [0.717, 1.165) is 38.8 Å². The van der Waals surface area contributed by atoms with Gasteiger partial charge in [0.1, 0.15) is 0 Å². The average molecular weight is 310 g/mol. The Balaban J connectivity index is 1.94. The smallest absolute Gasteiger partial charge is 0.317 e.